The molecule has 0 atom stereocenters. The smallest absolute Gasteiger partial charge is 0.310 e. The lowest BCUT2D eigenvalue weighted by Crippen LogP contribution is -2.07. The molecule has 3 nitrogen and oxygen atoms in total. The Bertz CT molecular complexity index is 627. The monoisotopic (exact) mass is 329 g/mol. The van der Waals surface area contributed by atoms with Gasteiger partial charge in [0.25, 0.3) is 0 Å². The summed E-state index contributed by atoms with van der Waals surface area (Å²) in [5, 5.41) is 8.69. The Hall–Kier alpha value is -2.12. The van der Waals surface area contributed by atoms with E-state index in [0.717, 1.165) is 15.6 Å². The number of carbonyl (C=O) groups excluding carboxylic acids is 1. The topological polar surface area (TPSA) is 50.1 Å². The van der Waals surface area contributed by atoms with Crippen LogP contribution < -0.4 is 0 Å². The molecule has 20 heavy (non-hydrogen) atoms. The normalized spacial score (nSPS) is 9.80. The van der Waals surface area contributed by atoms with Gasteiger partial charge in [0.2, 0.25) is 0 Å². The molecule has 2 rings (SSSR count). The highest BCUT2D eigenvalue weighted by Crippen LogP contribution is 2.12. The van der Waals surface area contributed by atoms with E-state index in [-0.39, 0.29) is 19.0 Å². The van der Waals surface area contributed by atoms with Crippen LogP contribution in [0.2, 0.25) is 0 Å². The maximum absolute atomic E-state index is 11.7. The molecule has 4 heteroatoms. The van der Waals surface area contributed by atoms with Crippen LogP contribution in [0.15, 0.2) is 53.0 Å². The van der Waals surface area contributed by atoms with Gasteiger partial charge in [-0.15, -0.1) is 0 Å². The number of nitrogens with zero attached hydrogens (tertiary/aromatic N) is 1. The van der Waals surface area contributed by atoms with Gasteiger partial charge in [-0.05, 0) is 35.4 Å². The van der Waals surface area contributed by atoms with Gasteiger partial charge in [0.15, 0.2) is 0 Å². The molecule has 100 valence electrons. The SMILES string of the molecule is N#Cc1ccc(COC(=O)Cc2ccc(Br)cc2)cc1. The van der Waals surface area contributed by atoms with Crippen LogP contribution in [0.1, 0.15) is 16.7 Å². The van der Waals surface area contributed by atoms with Crippen molar-refractivity contribution in [1.82, 2.24) is 0 Å². The van der Waals surface area contributed by atoms with Crippen molar-refractivity contribution in [2.24, 2.45) is 0 Å². The largest absolute Gasteiger partial charge is 0.461 e. The van der Waals surface area contributed by atoms with E-state index < -0.39 is 0 Å². The number of ether oxygens (including phenoxy) is 1. The zero-order valence-corrected chi connectivity index (χ0v) is 12.3. The summed E-state index contributed by atoms with van der Waals surface area (Å²) in [6.07, 6.45) is 0.254. The van der Waals surface area contributed by atoms with Crippen LogP contribution in [-0.4, -0.2) is 5.97 Å². The van der Waals surface area contributed by atoms with Gasteiger partial charge in [-0.3, -0.25) is 4.79 Å². The minimum atomic E-state index is -0.267. The number of benzene rings is 2. The van der Waals surface area contributed by atoms with Crippen LogP contribution >= 0.6 is 15.9 Å². The van der Waals surface area contributed by atoms with Crippen molar-refractivity contribution in [3.8, 4) is 6.07 Å². The Morgan fingerprint density at radius 2 is 1.65 bits per heavy atom. The second kappa shape index (κ2) is 6.88. The lowest BCUT2D eigenvalue weighted by Gasteiger charge is -2.05. The minimum Gasteiger partial charge on any atom is -0.461 e. The molecule has 0 heterocycles. The van der Waals surface area contributed by atoms with Crippen molar-refractivity contribution in [1.29, 1.82) is 5.26 Å². The summed E-state index contributed by atoms with van der Waals surface area (Å²) in [6, 6.07) is 16.6. The molecular formula is C16H12BrNO2. The molecule has 0 aliphatic rings. The summed E-state index contributed by atoms with van der Waals surface area (Å²) in [7, 11) is 0. The molecule has 0 bridgehead atoms. The second-order valence-corrected chi connectivity index (χ2v) is 5.19. The molecule has 2 aromatic carbocycles. The number of esters is 1. The third-order valence-electron chi connectivity index (χ3n) is 2.74. The van der Waals surface area contributed by atoms with Gasteiger partial charge in [-0.25, -0.2) is 0 Å². The van der Waals surface area contributed by atoms with Crippen molar-refractivity contribution >= 4 is 21.9 Å². The maximum Gasteiger partial charge on any atom is 0.310 e. The van der Waals surface area contributed by atoms with Crippen molar-refractivity contribution in [3.05, 3.63) is 69.7 Å². The fourth-order valence-corrected chi connectivity index (χ4v) is 1.92. The molecule has 0 spiro atoms. The summed E-state index contributed by atoms with van der Waals surface area (Å²) >= 11 is 3.35. The highest BCUT2D eigenvalue weighted by atomic mass is 79.9. The van der Waals surface area contributed by atoms with E-state index in [1.165, 1.54) is 0 Å². The van der Waals surface area contributed by atoms with E-state index in [1.54, 1.807) is 24.3 Å². The van der Waals surface area contributed by atoms with Crippen molar-refractivity contribution in [2.75, 3.05) is 0 Å². The lowest BCUT2D eigenvalue weighted by atomic mass is 10.1. The third kappa shape index (κ3) is 4.22. The third-order valence-corrected chi connectivity index (χ3v) is 3.27. The number of nitriles is 1. The van der Waals surface area contributed by atoms with Gasteiger partial charge in [0.05, 0.1) is 18.1 Å². The fraction of sp³-hybridized carbons (Fsp3) is 0.125. The first-order valence-corrected chi connectivity index (χ1v) is 6.86. The van der Waals surface area contributed by atoms with Crippen molar-refractivity contribution in [3.63, 3.8) is 0 Å². The van der Waals surface area contributed by atoms with Crippen molar-refractivity contribution < 1.29 is 9.53 Å². The van der Waals surface area contributed by atoms with Crippen LogP contribution in [0.5, 0.6) is 0 Å². The summed E-state index contributed by atoms with van der Waals surface area (Å²) < 4.78 is 6.18. The number of hydrogen-bond acceptors (Lipinski definition) is 3. The van der Waals surface area contributed by atoms with Crippen LogP contribution in [0.3, 0.4) is 0 Å². The van der Waals surface area contributed by atoms with Crippen molar-refractivity contribution in [2.45, 2.75) is 13.0 Å². The zero-order valence-electron chi connectivity index (χ0n) is 10.7. The average Bonchev–Trinajstić information content (AvgIpc) is 2.48. The number of rotatable bonds is 4. The van der Waals surface area contributed by atoms with Crippen LogP contribution in [0, 0.1) is 11.3 Å². The highest BCUT2D eigenvalue weighted by molar-refractivity contribution is 9.10. The molecular weight excluding hydrogens is 318 g/mol. The Balaban J connectivity index is 1.85. The molecule has 0 unspecified atom stereocenters. The van der Waals surface area contributed by atoms with E-state index in [9.17, 15) is 4.79 Å². The standard InChI is InChI=1S/C16H12BrNO2/c17-15-7-5-12(6-8-15)9-16(19)20-11-14-3-1-13(10-18)2-4-14/h1-8H,9,11H2. The van der Waals surface area contributed by atoms with Crippen LogP contribution in [0.4, 0.5) is 0 Å². The van der Waals surface area contributed by atoms with Gasteiger partial charge in [-0.2, -0.15) is 5.26 Å². The average molecular weight is 330 g/mol. The molecule has 0 saturated carbocycles. The number of hydrogen-bond donors (Lipinski definition) is 0. The van der Waals surface area contributed by atoms with E-state index in [1.807, 2.05) is 30.3 Å². The van der Waals surface area contributed by atoms with E-state index in [0.29, 0.717) is 5.56 Å². The van der Waals surface area contributed by atoms with Gasteiger partial charge in [0, 0.05) is 4.47 Å². The Morgan fingerprint density at radius 3 is 2.25 bits per heavy atom. The number of carbonyl (C=O) groups is 1. The Labute approximate surface area is 125 Å². The molecule has 0 aromatic heterocycles. The van der Waals surface area contributed by atoms with E-state index in [2.05, 4.69) is 15.9 Å². The fourth-order valence-electron chi connectivity index (χ4n) is 1.66. The molecule has 0 aliphatic carbocycles. The molecule has 0 saturated heterocycles. The lowest BCUT2D eigenvalue weighted by molar-refractivity contribution is -0.144. The van der Waals surface area contributed by atoms with Crippen LogP contribution in [0.25, 0.3) is 0 Å². The zero-order chi connectivity index (χ0) is 14.4. The summed E-state index contributed by atoms with van der Waals surface area (Å²) in [5.74, 6) is -0.267. The van der Waals surface area contributed by atoms with Crippen LogP contribution in [-0.2, 0) is 22.6 Å². The first-order valence-electron chi connectivity index (χ1n) is 6.06. The van der Waals surface area contributed by atoms with Gasteiger partial charge in [0.1, 0.15) is 6.61 Å². The van der Waals surface area contributed by atoms with Gasteiger partial charge >= 0.3 is 5.97 Å². The molecule has 0 radical (unpaired) electrons. The Morgan fingerprint density at radius 1 is 1.05 bits per heavy atom. The first-order chi connectivity index (χ1) is 9.67. The predicted molar refractivity (Wildman–Crippen MR) is 78.8 cm³/mol. The summed E-state index contributed by atoms with van der Waals surface area (Å²) in [5.41, 5.74) is 2.38. The summed E-state index contributed by atoms with van der Waals surface area (Å²) in [4.78, 5) is 11.7. The van der Waals surface area contributed by atoms with Gasteiger partial charge in [-0.1, -0.05) is 40.2 Å². The molecule has 2 aromatic rings. The predicted octanol–water partition coefficient (Wildman–Crippen LogP) is 3.61. The number of halogens is 1. The molecule has 0 aliphatic heterocycles. The minimum absolute atomic E-state index is 0.223. The first kappa shape index (κ1) is 14.3. The summed E-state index contributed by atoms with van der Waals surface area (Å²) in [6.45, 7) is 0.223. The Kier molecular flexibility index (Phi) is 4.91. The quantitative estimate of drug-likeness (QED) is 0.805. The molecule has 0 N–H and O–H groups in total. The highest BCUT2D eigenvalue weighted by Gasteiger charge is 2.05. The maximum atomic E-state index is 11.7. The van der Waals surface area contributed by atoms with Gasteiger partial charge < -0.3 is 4.74 Å². The van der Waals surface area contributed by atoms with E-state index in [4.69, 9.17) is 10.00 Å². The molecule has 0 fully saturated rings. The van der Waals surface area contributed by atoms with E-state index >= 15 is 0 Å². The molecule has 0 amide bonds. The second-order valence-electron chi connectivity index (χ2n) is 4.27.